The number of esters is 1. The molecule has 0 radical (unpaired) electrons. The highest BCUT2D eigenvalue weighted by atomic mass is 32.2. The summed E-state index contributed by atoms with van der Waals surface area (Å²) in [4.78, 5) is 24.1. The molecule has 0 aliphatic heterocycles. The molecule has 1 amide bonds. The number of hydrogen-bond donors (Lipinski definition) is 2. The zero-order valence-electron chi connectivity index (χ0n) is 16.5. The maximum absolute atomic E-state index is 12.2. The van der Waals surface area contributed by atoms with Crippen molar-refractivity contribution in [1.29, 1.82) is 0 Å². The van der Waals surface area contributed by atoms with Gasteiger partial charge < -0.3 is 14.8 Å². The number of rotatable bonds is 9. The van der Waals surface area contributed by atoms with E-state index in [1.807, 2.05) is 18.2 Å². The highest BCUT2D eigenvalue weighted by Crippen LogP contribution is 2.16. The van der Waals surface area contributed by atoms with Gasteiger partial charge in [0.2, 0.25) is 10.0 Å². The molecule has 0 aliphatic carbocycles. The summed E-state index contributed by atoms with van der Waals surface area (Å²) >= 11 is 0. The van der Waals surface area contributed by atoms with Crippen LogP contribution in [0.15, 0.2) is 53.4 Å². The van der Waals surface area contributed by atoms with Crippen LogP contribution in [0.5, 0.6) is 5.75 Å². The Bertz CT molecular complexity index is 972. The molecule has 156 valence electrons. The van der Waals surface area contributed by atoms with Gasteiger partial charge in [0.05, 0.1) is 17.6 Å². The Kier molecular flexibility index (Phi) is 7.74. The van der Waals surface area contributed by atoms with Gasteiger partial charge in [0.25, 0.3) is 5.91 Å². The minimum atomic E-state index is -3.74. The summed E-state index contributed by atoms with van der Waals surface area (Å²) in [5, 5.41) is 2.64. The molecule has 2 N–H and O–H groups in total. The summed E-state index contributed by atoms with van der Waals surface area (Å²) in [7, 11) is -2.21. The normalized spacial score (nSPS) is 11.2. The molecule has 0 spiro atoms. The molecule has 29 heavy (non-hydrogen) atoms. The largest absolute Gasteiger partial charge is 0.496 e. The lowest BCUT2D eigenvalue weighted by atomic mass is 10.2. The zero-order valence-corrected chi connectivity index (χ0v) is 17.3. The molecule has 0 aromatic heterocycles. The minimum Gasteiger partial charge on any atom is -0.496 e. The van der Waals surface area contributed by atoms with Gasteiger partial charge in [-0.1, -0.05) is 24.3 Å². The monoisotopic (exact) mass is 420 g/mol. The van der Waals surface area contributed by atoms with Crippen LogP contribution in [-0.4, -0.2) is 40.1 Å². The van der Waals surface area contributed by atoms with Gasteiger partial charge in [0.1, 0.15) is 5.75 Å². The molecule has 2 rings (SSSR count). The van der Waals surface area contributed by atoms with Crippen LogP contribution >= 0.6 is 0 Å². The Balaban J connectivity index is 1.93. The van der Waals surface area contributed by atoms with Gasteiger partial charge >= 0.3 is 5.97 Å². The second-order valence-electron chi connectivity index (χ2n) is 6.47. The molecular weight excluding hydrogens is 396 g/mol. The van der Waals surface area contributed by atoms with Crippen molar-refractivity contribution in [3.8, 4) is 5.75 Å². The maximum atomic E-state index is 12.2. The van der Waals surface area contributed by atoms with Crippen LogP contribution in [-0.2, 0) is 26.1 Å². The lowest BCUT2D eigenvalue weighted by Crippen LogP contribution is -2.30. The first kappa shape index (κ1) is 22.4. The molecule has 8 nitrogen and oxygen atoms in total. The van der Waals surface area contributed by atoms with Crippen molar-refractivity contribution in [1.82, 2.24) is 10.0 Å². The second-order valence-corrected chi connectivity index (χ2v) is 8.18. The number of methoxy groups -OCH3 is 1. The number of nitrogens with one attached hydrogen (secondary N) is 2. The first-order chi connectivity index (χ1) is 13.7. The quantitative estimate of drug-likeness (QED) is 0.599. The minimum absolute atomic E-state index is 0.0363. The van der Waals surface area contributed by atoms with Gasteiger partial charge in [-0.3, -0.25) is 4.79 Å². The fourth-order valence-electron chi connectivity index (χ4n) is 2.48. The van der Waals surface area contributed by atoms with Gasteiger partial charge in [-0.15, -0.1) is 0 Å². The molecule has 0 unspecified atom stereocenters. The standard InChI is InChI=1S/C20H24N2O6S/c1-14(2)22-29(25,26)17-9-6-8-15(11-17)20(24)28-13-19(23)21-12-16-7-4-5-10-18(16)27-3/h4-11,14,22H,12-13H2,1-3H3,(H,21,23). The summed E-state index contributed by atoms with van der Waals surface area (Å²) in [6.07, 6.45) is 0. The number of amides is 1. The second kappa shape index (κ2) is 10.0. The Morgan fingerprint density at radius 3 is 2.48 bits per heavy atom. The van der Waals surface area contributed by atoms with Crippen molar-refractivity contribution in [2.45, 2.75) is 31.3 Å². The van der Waals surface area contributed by atoms with E-state index in [-0.39, 0.29) is 23.0 Å². The van der Waals surface area contributed by atoms with Crippen LogP contribution < -0.4 is 14.8 Å². The Morgan fingerprint density at radius 1 is 1.07 bits per heavy atom. The molecule has 0 bridgehead atoms. The molecule has 2 aromatic rings. The van der Waals surface area contributed by atoms with Gasteiger partial charge in [-0.25, -0.2) is 17.9 Å². The van der Waals surface area contributed by atoms with Crippen molar-refractivity contribution in [3.63, 3.8) is 0 Å². The highest BCUT2D eigenvalue weighted by molar-refractivity contribution is 7.89. The first-order valence-corrected chi connectivity index (χ1v) is 10.4. The number of carbonyl (C=O) groups is 2. The molecule has 9 heteroatoms. The number of ether oxygens (including phenoxy) is 2. The summed E-state index contributed by atoms with van der Waals surface area (Å²) in [6, 6.07) is 12.4. The molecular formula is C20H24N2O6S. The fraction of sp³-hybridized carbons (Fsp3) is 0.300. The number of para-hydroxylation sites is 1. The van der Waals surface area contributed by atoms with Crippen LogP contribution in [0.4, 0.5) is 0 Å². The highest BCUT2D eigenvalue weighted by Gasteiger charge is 2.18. The molecule has 0 heterocycles. The fourth-order valence-corrected chi connectivity index (χ4v) is 3.77. The van der Waals surface area contributed by atoms with E-state index in [1.54, 1.807) is 19.9 Å². The van der Waals surface area contributed by atoms with Gasteiger partial charge in [0.15, 0.2) is 6.61 Å². The SMILES string of the molecule is COc1ccccc1CNC(=O)COC(=O)c1cccc(S(=O)(=O)NC(C)C)c1. The van der Waals surface area contributed by atoms with E-state index in [0.29, 0.717) is 5.75 Å². The average Bonchev–Trinajstić information content (AvgIpc) is 2.69. The van der Waals surface area contributed by atoms with Crippen molar-refractivity contribution >= 4 is 21.9 Å². The van der Waals surface area contributed by atoms with E-state index in [1.165, 1.54) is 31.4 Å². The third kappa shape index (κ3) is 6.58. The number of carbonyl (C=O) groups excluding carboxylic acids is 2. The Labute approximate surface area is 170 Å². The summed E-state index contributed by atoms with van der Waals surface area (Å²) in [5.41, 5.74) is 0.819. The molecule has 0 saturated carbocycles. The van der Waals surface area contributed by atoms with E-state index >= 15 is 0 Å². The number of sulfonamides is 1. The third-order valence-corrected chi connectivity index (χ3v) is 5.43. The van der Waals surface area contributed by atoms with Crippen LogP contribution in [0.1, 0.15) is 29.8 Å². The van der Waals surface area contributed by atoms with Crippen molar-refractivity contribution in [3.05, 3.63) is 59.7 Å². The van der Waals surface area contributed by atoms with Crippen LogP contribution in [0.25, 0.3) is 0 Å². The molecule has 0 atom stereocenters. The molecule has 0 saturated heterocycles. The van der Waals surface area contributed by atoms with Gasteiger partial charge in [-0.2, -0.15) is 0 Å². The lowest BCUT2D eigenvalue weighted by Gasteiger charge is -2.11. The van der Waals surface area contributed by atoms with Crippen LogP contribution in [0, 0.1) is 0 Å². The van der Waals surface area contributed by atoms with Crippen LogP contribution in [0.3, 0.4) is 0 Å². The first-order valence-electron chi connectivity index (χ1n) is 8.91. The Morgan fingerprint density at radius 2 is 1.79 bits per heavy atom. The predicted octanol–water partition coefficient (Wildman–Crippen LogP) is 1.86. The summed E-state index contributed by atoms with van der Waals surface area (Å²) in [5.74, 6) is -0.647. The molecule has 0 fully saturated rings. The van der Waals surface area contributed by atoms with Crippen LogP contribution in [0.2, 0.25) is 0 Å². The van der Waals surface area contributed by atoms with Crippen molar-refractivity contribution in [2.24, 2.45) is 0 Å². The van der Waals surface area contributed by atoms with E-state index in [0.717, 1.165) is 5.56 Å². The smallest absolute Gasteiger partial charge is 0.338 e. The summed E-state index contributed by atoms with van der Waals surface area (Å²) < 4.78 is 37.1. The van der Waals surface area contributed by atoms with E-state index in [2.05, 4.69) is 10.0 Å². The maximum Gasteiger partial charge on any atom is 0.338 e. The molecule has 0 aliphatic rings. The van der Waals surface area contributed by atoms with Crippen molar-refractivity contribution < 1.29 is 27.5 Å². The van der Waals surface area contributed by atoms with Gasteiger partial charge in [-0.05, 0) is 38.1 Å². The number of benzene rings is 2. The molecule has 2 aromatic carbocycles. The zero-order chi connectivity index (χ0) is 21.4. The van der Waals surface area contributed by atoms with Crippen molar-refractivity contribution in [2.75, 3.05) is 13.7 Å². The van der Waals surface area contributed by atoms with E-state index < -0.39 is 28.5 Å². The van der Waals surface area contributed by atoms with E-state index in [4.69, 9.17) is 9.47 Å². The average molecular weight is 420 g/mol. The lowest BCUT2D eigenvalue weighted by molar-refractivity contribution is -0.124. The summed E-state index contributed by atoms with van der Waals surface area (Å²) in [6.45, 7) is 3.11. The third-order valence-electron chi connectivity index (χ3n) is 3.77. The Hall–Kier alpha value is -2.91. The van der Waals surface area contributed by atoms with Gasteiger partial charge in [0, 0.05) is 18.2 Å². The number of hydrogen-bond acceptors (Lipinski definition) is 6. The van der Waals surface area contributed by atoms with E-state index in [9.17, 15) is 18.0 Å². The topological polar surface area (TPSA) is 111 Å². The predicted molar refractivity (Wildman–Crippen MR) is 107 cm³/mol.